The molecule has 0 radical (unpaired) electrons. The average molecular weight is 279 g/mol. The van der Waals surface area contributed by atoms with Gasteiger partial charge in [-0.2, -0.15) is 11.8 Å². The van der Waals surface area contributed by atoms with E-state index in [1.807, 2.05) is 18.2 Å². The van der Waals surface area contributed by atoms with Crippen molar-refractivity contribution >= 4 is 17.7 Å². The van der Waals surface area contributed by atoms with Crippen molar-refractivity contribution in [3.8, 4) is 0 Å². The third-order valence-corrected chi connectivity index (χ3v) is 4.87. The Morgan fingerprint density at radius 2 is 2.21 bits per heavy atom. The van der Waals surface area contributed by atoms with Gasteiger partial charge in [0.2, 0.25) is 0 Å². The molecule has 2 unspecified atom stereocenters. The summed E-state index contributed by atoms with van der Waals surface area (Å²) in [4.78, 5) is 12.0. The van der Waals surface area contributed by atoms with Crippen LogP contribution in [0.1, 0.15) is 31.2 Å². The molecule has 4 heteroatoms. The first-order valence-corrected chi connectivity index (χ1v) is 7.94. The first-order valence-electron chi connectivity index (χ1n) is 6.79. The van der Waals surface area contributed by atoms with Gasteiger partial charge < -0.3 is 10.4 Å². The molecule has 1 fully saturated rings. The number of hydrogen-bond acceptors (Lipinski definition) is 3. The summed E-state index contributed by atoms with van der Waals surface area (Å²) in [6.07, 6.45) is 1.53. The number of rotatable bonds is 5. The molecule has 1 aliphatic heterocycles. The van der Waals surface area contributed by atoms with Crippen molar-refractivity contribution in [2.45, 2.75) is 31.3 Å². The van der Waals surface area contributed by atoms with Gasteiger partial charge in [-0.3, -0.25) is 4.79 Å². The number of carbonyl (C=O) groups excluding carboxylic acids is 1. The summed E-state index contributed by atoms with van der Waals surface area (Å²) in [5.74, 6) is 1.47. The van der Waals surface area contributed by atoms with Gasteiger partial charge in [-0.15, -0.1) is 0 Å². The van der Waals surface area contributed by atoms with Crippen molar-refractivity contribution in [2.24, 2.45) is 0 Å². The first kappa shape index (κ1) is 14.4. The van der Waals surface area contributed by atoms with Crippen LogP contribution in [0.3, 0.4) is 0 Å². The highest BCUT2D eigenvalue weighted by molar-refractivity contribution is 7.99. The summed E-state index contributed by atoms with van der Waals surface area (Å²) in [6, 6.07) is 10.2. The minimum atomic E-state index is -1.15. The smallest absolute Gasteiger partial charge is 0.252 e. The molecule has 0 aromatic heterocycles. The molecule has 1 saturated heterocycles. The third kappa shape index (κ3) is 3.51. The standard InChI is InChI=1S/C15H21NO2S/c1-2-12(13-6-4-3-5-7-13)10-16-14(17)15(18)8-9-19-11-15/h3-7,12,18H,2,8-11H2,1H3,(H,16,17). The molecule has 2 N–H and O–H groups in total. The molecule has 19 heavy (non-hydrogen) atoms. The van der Waals surface area contributed by atoms with Gasteiger partial charge in [-0.1, -0.05) is 37.3 Å². The van der Waals surface area contributed by atoms with Gasteiger partial charge in [0.25, 0.3) is 5.91 Å². The summed E-state index contributed by atoms with van der Waals surface area (Å²) < 4.78 is 0. The van der Waals surface area contributed by atoms with Gasteiger partial charge in [-0.05, 0) is 24.2 Å². The maximum atomic E-state index is 12.0. The topological polar surface area (TPSA) is 49.3 Å². The van der Waals surface area contributed by atoms with Gasteiger partial charge in [-0.25, -0.2) is 0 Å². The normalized spacial score (nSPS) is 24.1. The maximum Gasteiger partial charge on any atom is 0.252 e. The molecule has 0 bridgehead atoms. The molecule has 1 aliphatic rings. The number of hydrogen-bond donors (Lipinski definition) is 2. The lowest BCUT2D eigenvalue weighted by molar-refractivity contribution is -0.137. The number of nitrogens with one attached hydrogen (secondary N) is 1. The number of thioether (sulfide) groups is 1. The average Bonchev–Trinajstić information content (AvgIpc) is 2.89. The lowest BCUT2D eigenvalue weighted by Crippen LogP contribution is -2.47. The number of benzene rings is 1. The van der Waals surface area contributed by atoms with Crippen molar-refractivity contribution in [1.29, 1.82) is 0 Å². The van der Waals surface area contributed by atoms with Crippen molar-refractivity contribution in [2.75, 3.05) is 18.1 Å². The fourth-order valence-corrected chi connectivity index (χ4v) is 3.58. The lowest BCUT2D eigenvalue weighted by atomic mass is 9.95. The molecule has 0 saturated carbocycles. The fourth-order valence-electron chi connectivity index (χ4n) is 2.34. The van der Waals surface area contributed by atoms with E-state index in [1.165, 1.54) is 5.56 Å². The van der Waals surface area contributed by atoms with Crippen LogP contribution in [0.25, 0.3) is 0 Å². The van der Waals surface area contributed by atoms with E-state index in [4.69, 9.17) is 0 Å². The van der Waals surface area contributed by atoms with Gasteiger partial charge in [0.15, 0.2) is 5.60 Å². The minimum absolute atomic E-state index is 0.216. The van der Waals surface area contributed by atoms with Gasteiger partial charge in [0.1, 0.15) is 0 Å². The van der Waals surface area contributed by atoms with Crippen LogP contribution < -0.4 is 5.32 Å². The molecule has 0 spiro atoms. The zero-order valence-corrected chi connectivity index (χ0v) is 12.1. The molecule has 1 amide bonds. The number of amides is 1. The van der Waals surface area contributed by atoms with E-state index in [2.05, 4.69) is 24.4 Å². The molecule has 0 aliphatic carbocycles. The SMILES string of the molecule is CCC(CNC(=O)C1(O)CCSC1)c1ccccc1. The summed E-state index contributed by atoms with van der Waals surface area (Å²) >= 11 is 1.63. The third-order valence-electron chi connectivity index (χ3n) is 3.70. The zero-order valence-electron chi connectivity index (χ0n) is 11.3. The predicted molar refractivity (Wildman–Crippen MR) is 79.4 cm³/mol. The number of aliphatic hydroxyl groups is 1. The number of carbonyl (C=O) groups is 1. The predicted octanol–water partition coefficient (Wildman–Crippen LogP) is 2.16. The highest BCUT2D eigenvalue weighted by atomic mass is 32.2. The van der Waals surface area contributed by atoms with Crippen LogP contribution in [-0.4, -0.2) is 34.7 Å². The molecule has 2 atom stereocenters. The summed E-state index contributed by atoms with van der Waals surface area (Å²) in [6.45, 7) is 2.70. The largest absolute Gasteiger partial charge is 0.379 e. The molecule has 1 aromatic carbocycles. The minimum Gasteiger partial charge on any atom is -0.379 e. The van der Waals surface area contributed by atoms with E-state index in [0.29, 0.717) is 24.6 Å². The van der Waals surface area contributed by atoms with Crippen molar-refractivity contribution in [3.05, 3.63) is 35.9 Å². The molecule has 2 rings (SSSR count). The van der Waals surface area contributed by atoms with Gasteiger partial charge in [0.05, 0.1) is 0 Å². The summed E-state index contributed by atoms with van der Waals surface area (Å²) in [7, 11) is 0. The second kappa shape index (κ2) is 6.44. The molecule has 1 heterocycles. The van der Waals surface area contributed by atoms with Crippen LogP contribution in [0.5, 0.6) is 0 Å². The van der Waals surface area contributed by atoms with Crippen molar-refractivity contribution in [3.63, 3.8) is 0 Å². The summed E-state index contributed by atoms with van der Waals surface area (Å²) in [5.41, 5.74) is 0.0812. The van der Waals surface area contributed by atoms with Crippen LogP contribution in [0.15, 0.2) is 30.3 Å². The monoisotopic (exact) mass is 279 g/mol. The van der Waals surface area contributed by atoms with Crippen LogP contribution in [0.4, 0.5) is 0 Å². The Bertz CT molecular complexity index is 415. The second-order valence-electron chi connectivity index (χ2n) is 5.06. The Kier molecular flexibility index (Phi) is 4.88. The van der Waals surface area contributed by atoms with E-state index >= 15 is 0 Å². The van der Waals surface area contributed by atoms with Crippen molar-refractivity contribution < 1.29 is 9.90 Å². The quantitative estimate of drug-likeness (QED) is 0.868. The van der Waals surface area contributed by atoms with Crippen molar-refractivity contribution in [1.82, 2.24) is 5.32 Å². The van der Waals surface area contributed by atoms with Crippen LogP contribution in [0.2, 0.25) is 0 Å². The van der Waals surface area contributed by atoms with Crippen LogP contribution in [-0.2, 0) is 4.79 Å². The highest BCUT2D eigenvalue weighted by Gasteiger charge is 2.39. The Morgan fingerprint density at radius 1 is 1.47 bits per heavy atom. The molecule has 3 nitrogen and oxygen atoms in total. The van der Waals surface area contributed by atoms with E-state index in [-0.39, 0.29) is 5.91 Å². The molecule has 104 valence electrons. The second-order valence-corrected chi connectivity index (χ2v) is 6.17. The zero-order chi connectivity index (χ0) is 13.7. The molecular formula is C15H21NO2S. The molecule has 1 aromatic rings. The Hall–Kier alpha value is -1.00. The van der Waals surface area contributed by atoms with Crippen LogP contribution >= 0.6 is 11.8 Å². The fraction of sp³-hybridized carbons (Fsp3) is 0.533. The highest BCUT2D eigenvalue weighted by Crippen LogP contribution is 2.28. The first-order chi connectivity index (χ1) is 9.15. The van der Waals surface area contributed by atoms with Crippen LogP contribution in [0, 0.1) is 0 Å². The Morgan fingerprint density at radius 3 is 2.79 bits per heavy atom. The molecular weight excluding hydrogens is 258 g/mol. The Balaban J connectivity index is 1.92. The van der Waals surface area contributed by atoms with E-state index < -0.39 is 5.60 Å². The summed E-state index contributed by atoms with van der Waals surface area (Å²) in [5, 5.41) is 13.1. The van der Waals surface area contributed by atoms with Gasteiger partial charge in [0, 0.05) is 18.2 Å². The van der Waals surface area contributed by atoms with E-state index in [0.717, 1.165) is 12.2 Å². The van der Waals surface area contributed by atoms with E-state index in [9.17, 15) is 9.90 Å². The van der Waals surface area contributed by atoms with E-state index in [1.54, 1.807) is 11.8 Å². The maximum absolute atomic E-state index is 12.0. The lowest BCUT2D eigenvalue weighted by Gasteiger charge is -2.23. The van der Waals surface area contributed by atoms with Gasteiger partial charge >= 0.3 is 0 Å². The Labute approximate surface area is 118 Å².